The molecule has 4 heteroatoms. The average molecular weight is 293 g/mol. The monoisotopic (exact) mass is 293 g/mol. The van der Waals surface area contributed by atoms with Gasteiger partial charge in [-0.1, -0.05) is 13.0 Å². The first kappa shape index (κ1) is 17.6. The summed E-state index contributed by atoms with van der Waals surface area (Å²) >= 11 is 0. The molecule has 0 radical (unpaired) electrons. The van der Waals surface area contributed by atoms with Gasteiger partial charge in [-0.2, -0.15) is 0 Å². The number of rotatable bonds is 10. The second kappa shape index (κ2) is 9.50. The summed E-state index contributed by atoms with van der Waals surface area (Å²) in [5, 5.41) is 3.41. The van der Waals surface area contributed by atoms with Crippen LogP contribution in [0.15, 0.2) is 18.2 Å². The van der Waals surface area contributed by atoms with Gasteiger partial charge in [0.1, 0.15) is 5.75 Å². The lowest BCUT2D eigenvalue weighted by atomic mass is 10.2. The first-order valence-electron chi connectivity index (χ1n) is 8.01. The van der Waals surface area contributed by atoms with E-state index in [2.05, 4.69) is 38.0 Å². The van der Waals surface area contributed by atoms with Crippen LogP contribution < -0.4 is 15.8 Å². The number of anilines is 2. The fraction of sp³-hybridized carbons (Fsp3) is 0.647. The molecule has 0 saturated heterocycles. The molecule has 1 rings (SSSR count). The van der Waals surface area contributed by atoms with Crippen molar-refractivity contribution in [2.75, 3.05) is 37.8 Å². The van der Waals surface area contributed by atoms with Crippen molar-refractivity contribution in [3.63, 3.8) is 0 Å². The highest BCUT2D eigenvalue weighted by Crippen LogP contribution is 2.29. The summed E-state index contributed by atoms with van der Waals surface area (Å²) in [5.74, 6) is 0.779. The van der Waals surface area contributed by atoms with E-state index in [-0.39, 0.29) is 0 Å². The van der Waals surface area contributed by atoms with E-state index in [9.17, 15) is 0 Å². The van der Waals surface area contributed by atoms with Crippen LogP contribution >= 0.6 is 0 Å². The smallest absolute Gasteiger partial charge is 0.144 e. The zero-order chi connectivity index (χ0) is 15.7. The fourth-order valence-electron chi connectivity index (χ4n) is 2.00. The number of nitrogens with one attached hydrogen (secondary N) is 1. The zero-order valence-electron chi connectivity index (χ0n) is 14.0. The number of nitrogens with two attached hydrogens (primary N) is 1. The first-order chi connectivity index (χ1) is 10.1. The van der Waals surface area contributed by atoms with Gasteiger partial charge in [-0.15, -0.1) is 0 Å². The summed E-state index contributed by atoms with van der Waals surface area (Å²) in [5.41, 5.74) is 7.82. The number of ether oxygens (including phenoxy) is 1. The third-order valence-corrected chi connectivity index (χ3v) is 3.66. The highest BCUT2D eigenvalue weighted by Gasteiger charge is 2.06. The Balaban J connectivity index is 2.35. The summed E-state index contributed by atoms with van der Waals surface area (Å²) in [6.45, 7) is 9.31. The molecular formula is C17H31N3O. The Morgan fingerprint density at radius 2 is 2.05 bits per heavy atom. The van der Waals surface area contributed by atoms with Crippen LogP contribution in [0.3, 0.4) is 0 Å². The Kier molecular flexibility index (Phi) is 7.98. The summed E-state index contributed by atoms with van der Waals surface area (Å²) in [7, 11) is 2.17. The molecule has 0 aliphatic rings. The van der Waals surface area contributed by atoms with Gasteiger partial charge in [-0.3, -0.25) is 0 Å². The molecule has 0 aliphatic heterocycles. The molecule has 0 fully saturated rings. The van der Waals surface area contributed by atoms with E-state index in [1.807, 2.05) is 18.2 Å². The zero-order valence-corrected chi connectivity index (χ0v) is 14.0. The van der Waals surface area contributed by atoms with Gasteiger partial charge in [0.2, 0.25) is 0 Å². The minimum Gasteiger partial charge on any atom is -0.491 e. The topological polar surface area (TPSA) is 50.5 Å². The molecule has 4 nitrogen and oxygen atoms in total. The predicted octanol–water partition coefficient (Wildman–Crippen LogP) is 3.59. The van der Waals surface area contributed by atoms with E-state index < -0.39 is 0 Å². The van der Waals surface area contributed by atoms with Crippen molar-refractivity contribution in [2.45, 2.75) is 46.1 Å². The minimum absolute atomic E-state index is 0.612. The van der Waals surface area contributed by atoms with Gasteiger partial charge in [0.15, 0.2) is 0 Å². The van der Waals surface area contributed by atoms with Gasteiger partial charge in [0.05, 0.1) is 18.0 Å². The Morgan fingerprint density at radius 1 is 1.29 bits per heavy atom. The number of benzene rings is 1. The minimum atomic E-state index is 0.612. The lowest BCUT2D eigenvalue weighted by Gasteiger charge is -2.20. The molecule has 0 aliphatic carbocycles. The molecule has 0 heterocycles. The number of nitrogens with zero attached hydrogens (tertiary/aromatic N) is 1. The predicted molar refractivity (Wildman–Crippen MR) is 92.1 cm³/mol. The van der Waals surface area contributed by atoms with E-state index in [1.54, 1.807) is 0 Å². The van der Waals surface area contributed by atoms with Gasteiger partial charge >= 0.3 is 0 Å². The van der Waals surface area contributed by atoms with E-state index in [0.29, 0.717) is 18.3 Å². The molecule has 3 N–H and O–H groups in total. The van der Waals surface area contributed by atoms with Crippen LogP contribution in [-0.4, -0.2) is 37.7 Å². The van der Waals surface area contributed by atoms with Crippen molar-refractivity contribution in [3.05, 3.63) is 18.2 Å². The number of nitrogen functional groups attached to an aromatic ring is 1. The normalized spacial score (nSPS) is 11.1. The Labute approximate surface area is 129 Å². The quantitative estimate of drug-likeness (QED) is 0.511. The van der Waals surface area contributed by atoms with Crippen molar-refractivity contribution >= 4 is 11.4 Å². The SMILES string of the molecule is CCCOc1cccc(NCCCCN(C)C(C)C)c1N. The second-order valence-electron chi connectivity index (χ2n) is 5.77. The number of hydrogen-bond acceptors (Lipinski definition) is 4. The molecule has 21 heavy (non-hydrogen) atoms. The van der Waals surface area contributed by atoms with Crippen molar-refractivity contribution in [1.82, 2.24) is 4.90 Å². The lowest BCUT2D eigenvalue weighted by Crippen LogP contribution is -2.27. The standard InChI is InChI=1S/C17H31N3O/c1-5-13-21-16-10-8-9-15(17(16)18)19-11-6-7-12-20(4)14(2)3/h8-10,14,19H,5-7,11-13,18H2,1-4H3. The van der Waals surface area contributed by atoms with Crippen LogP contribution in [0, 0.1) is 0 Å². The van der Waals surface area contributed by atoms with Crippen molar-refractivity contribution in [1.29, 1.82) is 0 Å². The van der Waals surface area contributed by atoms with Crippen LogP contribution in [0.25, 0.3) is 0 Å². The highest BCUT2D eigenvalue weighted by molar-refractivity contribution is 5.72. The Morgan fingerprint density at radius 3 is 2.71 bits per heavy atom. The van der Waals surface area contributed by atoms with E-state index >= 15 is 0 Å². The molecule has 0 aromatic heterocycles. The highest BCUT2D eigenvalue weighted by atomic mass is 16.5. The fourth-order valence-corrected chi connectivity index (χ4v) is 2.00. The maximum absolute atomic E-state index is 6.13. The maximum Gasteiger partial charge on any atom is 0.144 e. The van der Waals surface area contributed by atoms with Gasteiger partial charge in [-0.25, -0.2) is 0 Å². The molecule has 0 atom stereocenters. The summed E-state index contributed by atoms with van der Waals surface area (Å²) in [6, 6.07) is 6.53. The Bertz CT molecular complexity index is 407. The van der Waals surface area contributed by atoms with Crippen molar-refractivity contribution in [2.24, 2.45) is 0 Å². The summed E-state index contributed by atoms with van der Waals surface area (Å²) < 4.78 is 5.64. The molecule has 0 amide bonds. The van der Waals surface area contributed by atoms with E-state index in [1.165, 1.54) is 6.42 Å². The van der Waals surface area contributed by atoms with Gasteiger partial charge < -0.3 is 20.7 Å². The first-order valence-corrected chi connectivity index (χ1v) is 8.01. The molecule has 120 valence electrons. The maximum atomic E-state index is 6.13. The average Bonchev–Trinajstić information content (AvgIpc) is 2.46. The van der Waals surface area contributed by atoms with E-state index in [4.69, 9.17) is 10.5 Å². The molecular weight excluding hydrogens is 262 g/mol. The van der Waals surface area contributed by atoms with Gasteiger partial charge in [0, 0.05) is 12.6 Å². The van der Waals surface area contributed by atoms with Gasteiger partial charge in [0.25, 0.3) is 0 Å². The Hall–Kier alpha value is -1.42. The number of hydrogen-bond donors (Lipinski definition) is 2. The third-order valence-electron chi connectivity index (χ3n) is 3.66. The molecule has 0 bridgehead atoms. The van der Waals surface area contributed by atoms with E-state index in [0.717, 1.165) is 37.4 Å². The summed E-state index contributed by atoms with van der Waals surface area (Å²) in [4.78, 5) is 2.37. The molecule has 1 aromatic rings. The van der Waals surface area contributed by atoms with Gasteiger partial charge in [-0.05, 0) is 58.8 Å². The molecule has 0 unspecified atom stereocenters. The van der Waals surface area contributed by atoms with Crippen molar-refractivity contribution in [3.8, 4) is 5.75 Å². The van der Waals surface area contributed by atoms with Crippen LogP contribution in [-0.2, 0) is 0 Å². The van der Waals surface area contributed by atoms with Crippen molar-refractivity contribution < 1.29 is 4.74 Å². The largest absolute Gasteiger partial charge is 0.491 e. The number of unbranched alkanes of at least 4 members (excludes halogenated alkanes) is 1. The lowest BCUT2D eigenvalue weighted by molar-refractivity contribution is 0.269. The molecule has 0 saturated carbocycles. The summed E-state index contributed by atoms with van der Waals surface area (Å²) in [6.07, 6.45) is 3.31. The van der Waals surface area contributed by atoms with Crippen LogP contribution in [0.2, 0.25) is 0 Å². The molecule has 0 spiro atoms. The van der Waals surface area contributed by atoms with Crippen LogP contribution in [0.4, 0.5) is 11.4 Å². The molecule has 1 aromatic carbocycles. The van der Waals surface area contributed by atoms with Crippen LogP contribution in [0.1, 0.15) is 40.0 Å². The third kappa shape index (κ3) is 6.25. The van der Waals surface area contributed by atoms with Crippen LogP contribution in [0.5, 0.6) is 5.75 Å². The second-order valence-corrected chi connectivity index (χ2v) is 5.77. The number of para-hydroxylation sites is 1.